The Kier molecular flexibility index (Phi) is 4.62. The number of benzene rings is 1. The van der Waals surface area contributed by atoms with Crippen molar-refractivity contribution in [3.8, 4) is 5.75 Å². The summed E-state index contributed by atoms with van der Waals surface area (Å²) in [4.78, 5) is 12.4. The molecule has 1 aromatic carbocycles. The van der Waals surface area contributed by atoms with E-state index in [0.29, 0.717) is 35.4 Å². The Labute approximate surface area is 175 Å². The van der Waals surface area contributed by atoms with Crippen molar-refractivity contribution in [3.05, 3.63) is 29.8 Å². The van der Waals surface area contributed by atoms with E-state index in [1.165, 1.54) is 12.0 Å². The Morgan fingerprint density at radius 2 is 1.72 bits per heavy atom. The number of methoxy groups -OCH3 is 1. The fourth-order valence-corrected chi connectivity index (χ4v) is 8.23. The highest BCUT2D eigenvalue weighted by molar-refractivity contribution is 5.79. The zero-order valence-electron chi connectivity index (χ0n) is 18.2. The molecule has 0 bridgehead atoms. The van der Waals surface area contributed by atoms with E-state index in [4.69, 9.17) is 4.74 Å². The summed E-state index contributed by atoms with van der Waals surface area (Å²) in [6, 6.07) is 8.70. The molecule has 4 fully saturated rings. The Bertz CT molecular complexity index is 786. The van der Waals surface area contributed by atoms with Crippen LogP contribution in [0.15, 0.2) is 24.3 Å². The van der Waals surface area contributed by atoms with E-state index in [2.05, 4.69) is 38.1 Å². The van der Waals surface area contributed by atoms with Gasteiger partial charge in [0.1, 0.15) is 11.5 Å². The largest absolute Gasteiger partial charge is 0.497 e. The Balaban J connectivity index is 1.57. The third-order valence-corrected chi connectivity index (χ3v) is 10.0. The molecule has 5 rings (SSSR count). The minimum absolute atomic E-state index is 0.0690. The minimum atomic E-state index is -0.150. The van der Waals surface area contributed by atoms with Gasteiger partial charge in [0.15, 0.2) is 0 Å². The molecule has 0 amide bonds. The fourth-order valence-electron chi connectivity index (χ4n) is 8.23. The molecule has 0 aliphatic heterocycles. The molecule has 1 aromatic rings. The number of rotatable bonds is 2. The van der Waals surface area contributed by atoms with Crippen molar-refractivity contribution in [2.24, 2.45) is 34.5 Å². The maximum atomic E-state index is 12.4. The van der Waals surface area contributed by atoms with Crippen LogP contribution in [0.3, 0.4) is 0 Å². The average molecular weight is 397 g/mol. The molecule has 8 atom stereocenters. The van der Waals surface area contributed by atoms with Crippen molar-refractivity contribution in [1.82, 2.24) is 0 Å². The molecule has 0 aromatic heterocycles. The van der Waals surface area contributed by atoms with Crippen LogP contribution in [-0.4, -0.2) is 24.1 Å². The minimum Gasteiger partial charge on any atom is -0.497 e. The highest BCUT2D eigenvalue weighted by Crippen LogP contribution is 2.68. The first-order chi connectivity index (χ1) is 13.9. The molecule has 4 aliphatic rings. The van der Waals surface area contributed by atoms with Crippen molar-refractivity contribution in [3.63, 3.8) is 0 Å². The second-order valence-electron chi connectivity index (χ2n) is 11.0. The van der Waals surface area contributed by atoms with Gasteiger partial charge in [-0.3, -0.25) is 4.79 Å². The summed E-state index contributed by atoms with van der Waals surface area (Å²) < 4.78 is 5.40. The van der Waals surface area contributed by atoms with Gasteiger partial charge in [0, 0.05) is 12.8 Å². The van der Waals surface area contributed by atoms with E-state index >= 15 is 0 Å². The molecular weight excluding hydrogens is 360 g/mol. The predicted octanol–water partition coefficient (Wildman–Crippen LogP) is 5.36. The zero-order chi connectivity index (χ0) is 20.4. The van der Waals surface area contributed by atoms with Crippen LogP contribution in [0.5, 0.6) is 5.75 Å². The van der Waals surface area contributed by atoms with Gasteiger partial charge in [-0.2, -0.15) is 0 Å². The smallest absolute Gasteiger partial charge is 0.133 e. The average Bonchev–Trinajstić information content (AvgIpc) is 3.03. The molecule has 0 spiro atoms. The van der Waals surface area contributed by atoms with Crippen molar-refractivity contribution in [1.29, 1.82) is 0 Å². The van der Waals surface area contributed by atoms with Gasteiger partial charge in [-0.25, -0.2) is 0 Å². The topological polar surface area (TPSA) is 46.5 Å². The quantitative estimate of drug-likeness (QED) is 0.732. The number of hydrogen-bond donors (Lipinski definition) is 1. The molecule has 29 heavy (non-hydrogen) atoms. The van der Waals surface area contributed by atoms with Crippen LogP contribution >= 0.6 is 0 Å². The first kappa shape index (κ1) is 19.6. The second kappa shape index (κ2) is 6.83. The molecule has 0 saturated heterocycles. The Morgan fingerprint density at radius 1 is 1.00 bits per heavy atom. The summed E-state index contributed by atoms with van der Waals surface area (Å²) in [5.41, 5.74) is 1.77. The van der Waals surface area contributed by atoms with Crippen LogP contribution in [0.25, 0.3) is 0 Å². The maximum absolute atomic E-state index is 12.4. The van der Waals surface area contributed by atoms with Crippen molar-refractivity contribution >= 4 is 5.78 Å². The molecule has 1 N–H and O–H groups in total. The molecule has 4 aliphatic carbocycles. The lowest BCUT2D eigenvalue weighted by molar-refractivity contribution is -0.146. The lowest BCUT2D eigenvalue weighted by Crippen LogP contribution is -2.56. The highest BCUT2D eigenvalue weighted by atomic mass is 16.5. The SMILES string of the molecule is COc1ccc([C@@H]2C[C@H]3CC(=O)CC[C@]3(C)[C@H]3CC[C@]4(C)[C@@H](O)CC[C@H]4[C@H]23)cc1. The second-order valence-corrected chi connectivity index (χ2v) is 11.0. The standard InChI is InChI=1S/C26H36O3/c1-25-12-10-18(27)14-17(25)15-20(16-4-6-19(29-3)7-5-16)24-21-8-9-23(28)26(21,2)13-11-22(24)25/h4-7,17,20-24,28H,8-15H2,1-3H3/t17-,20+,21+,22+,23+,24+,25+,26+/m1/s1. The summed E-state index contributed by atoms with van der Waals surface area (Å²) in [5.74, 6) is 4.26. The van der Waals surface area contributed by atoms with E-state index in [1.807, 2.05) is 0 Å². The number of fused-ring (bicyclic) bond motifs is 5. The molecule has 0 radical (unpaired) electrons. The molecule has 3 nitrogen and oxygen atoms in total. The fraction of sp³-hybridized carbons (Fsp3) is 0.731. The number of aliphatic hydroxyl groups excluding tert-OH is 1. The first-order valence-electron chi connectivity index (χ1n) is 11.7. The van der Waals surface area contributed by atoms with Crippen molar-refractivity contribution in [2.45, 2.75) is 77.2 Å². The zero-order valence-corrected chi connectivity index (χ0v) is 18.2. The van der Waals surface area contributed by atoms with Gasteiger partial charge in [0.2, 0.25) is 0 Å². The third-order valence-electron chi connectivity index (χ3n) is 10.0. The predicted molar refractivity (Wildman–Crippen MR) is 114 cm³/mol. The molecule has 0 unspecified atom stereocenters. The number of carbonyl (C=O) groups excluding carboxylic acids is 1. The summed E-state index contributed by atoms with van der Waals surface area (Å²) in [7, 11) is 1.72. The summed E-state index contributed by atoms with van der Waals surface area (Å²) in [5, 5.41) is 10.9. The van der Waals surface area contributed by atoms with Crippen LogP contribution < -0.4 is 4.74 Å². The molecule has 4 saturated carbocycles. The van der Waals surface area contributed by atoms with Gasteiger partial charge >= 0.3 is 0 Å². The van der Waals surface area contributed by atoms with Gasteiger partial charge in [0.25, 0.3) is 0 Å². The van der Waals surface area contributed by atoms with Crippen molar-refractivity contribution in [2.75, 3.05) is 7.11 Å². The number of hydrogen-bond acceptors (Lipinski definition) is 3. The van der Waals surface area contributed by atoms with Gasteiger partial charge in [0.05, 0.1) is 13.2 Å². The number of Topliss-reactive ketones (excluding diaryl/α,β-unsaturated/α-hetero) is 1. The van der Waals surface area contributed by atoms with E-state index in [-0.39, 0.29) is 16.9 Å². The van der Waals surface area contributed by atoms with Crippen LogP contribution in [0.1, 0.15) is 76.7 Å². The lowest BCUT2D eigenvalue weighted by atomic mass is 9.42. The normalized spacial score (nSPS) is 46.6. The Hall–Kier alpha value is -1.35. The van der Waals surface area contributed by atoms with Crippen LogP contribution in [0, 0.1) is 34.5 Å². The van der Waals surface area contributed by atoms with Crippen LogP contribution in [-0.2, 0) is 4.79 Å². The van der Waals surface area contributed by atoms with Crippen molar-refractivity contribution < 1.29 is 14.6 Å². The third kappa shape index (κ3) is 2.83. The van der Waals surface area contributed by atoms with Gasteiger partial charge < -0.3 is 9.84 Å². The van der Waals surface area contributed by atoms with Gasteiger partial charge in [-0.15, -0.1) is 0 Å². The highest BCUT2D eigenvalue weighted by Gasteiger charge is 2.62. The lowest BCUT2D eigenvalue weighted by Gasteiger charge is -2.62. The van der Waals surface area contributed by atoms with E-state index in [0.717, 1.165) is 50.7 Å². The molecule has 158 valence electrons. The number of ketones is 1. The summed E-state index contributed by atoms with van der Waals surface area (Å²) in [6.45, 7) is 4.86. The molecule has 0 heterocycles. The number of ether oxygens (including phenoxy) is 1. The molecule has 3 heteroatoms. The van der Waals surface area contributed by atoms with E-state index in [9.17, 15) is 9.90 Å². The van der Waals surface area contributed by atoms with E-state index in [1.54, 1.807) is 7.11 Å². The first-order valence-corrected chi connectivity index (χ1v) is 11.7. The Morgan fingerprint density at radius 3 is 2.45 bits per heavy atom. The van der Waals surface area contributed by atoms with E-state index < -0.39 is 0 Å². The van der Waals surface area contributed by atoms with Gasteiger partial charge in [-0.1, -0.05) is 26.0 Å². The number of carbonyl (C=O) groups is 1. The number of aliphatic hydroxyl groups is 1. The maximum Gasteiger partial charge on any atom is 0.133 e. The van der Waals surface area contributed by atoms with Crippen LogP contribution in [0.4, 0.5) is 0 Å². The van der Waals surface area contributed by atoms with Crippen LogP contribution in [0.2, 0.25) is 0 Å². The monoisotopic (exact) mass is 396 g/mol. The summed E-state index contributed by atoms with van der Waals surface area (Å²) >= 11 is 0. The van der Waals surface area contributed by atoms with Gasteiger partial charge in [-0.05, 0) is 96.6 Å². The summed E-state index contributed by atoms with van der Waals surface area (Å²) in [6.07, 6.45) is 8.06. The molecular formula is C26H36O3.